The molecule has 7 heterocycles. The van der Waals surface area contributed by atoms with Crippen molar-refractivity contribution >= 4 is 40.0 Å². The number of ether oxygens (including phenoxy) is 3. The molecule has 0 aliphatic carbocycles. The number of anilines is 2. The summed E-state index contributed by atoms with van der Waals surface area (Å²) in [6.45, 7) is 14.6. The predicted molar refractivity (Wildman–Crippen MR) is 197 cm³/mol. The number of aromatic nitrogens is 5. The smallest absolute Gasteiger partial charge is 0.290 e. The van der Waals surface area contributed by atoms with Gasteiger partial charge in [0.25, 0.3) is 6.47 Å². The standard InChI is InChI=1S/C20H24N4O3.C15H15N3O.C2H6.CH2O2/c1-14-17(11-23(3)22-14)6-5-16-9-18(19(25-4)21-10-16)24-7-8-27-20(15(24)2)12-26-13-20;1-10-16-13-11-6-2-3-7-12(11)19-14(13)15(17-10)18-8-4-5-9-18;1-2;2-1-3/h9-11,15H,7-8,12-13H2,1-4H3;2-3,6-7H,4-5,8-9H2,1H3;1-2H3;1H,(H,2,3). The van der Waals surface area contributed by atoms with Gasteiger partial charge in [-0.1, -0.05) is 37.8 Å². The fourth-order valence-corrected chi connectivity index (χ4v) is 6.46. The summed E-state index contributed by atoms with van der Waals surface area (Å²) in [5.74, 6) is 8.76. The molecule has 1 unspecified atom stereocenters. The van der Waals surface area contributed by atoms with Crippen LogP contribution in [0.15, 0.2) is 47.1 Å². The highest BCUT2D eigenvalue weighted by molar-refractivity contribution is 6.05. The molecule has 0 amide bonds. The number of pyridine rings is 1. The Morgan fingerprint density at radius 1 is 1.08 bits per heavy atom. The van der Waals surface area contributed by atoms with E-state index >= 15 is 0 Å². The van der Waals surface area contributed by atoms with Gasteiger partial charge in [0.15, 0.2) is 11.4 Å². The van der Waals surface area contributed by atoms with Crippen LogP contribution >= 0.6 is 0 Å². The van der Waals surface area contributed by atoms with Crippen LogP contribution in [0.25, 0.3) is 22.1 Å². The number of hydrogen-bond donors (Lipinski definition) is 1. The first-order valence-electron chi connectivity index (χ1n) is 17.3. The third-order valence-corrected chi connectivity index (χ3v) is 9.05. The van der Waals surface area contributed by atoms with E-state index in [4.69, 9.17) is 28.5 Å². The molecule has 270 valence electrons. The quantitative estimate of drug-likeness (QED) is 0.187. The summed E-state index contributed by atoms with van der Waals surface area (Å²) in [5.41, 5.74) is 6.02. The lowest BCUT2D eigenvalue weighted by atomic mass is 9.90. The molecule has 3 aliphatic rings. The number of benzene rings is 1. The highest BCUT2D eigenvalue weighted by Gasteiger charge is 2.50. The Balaban J connectivity index is 0.000000183. The zero-order chi connectivity index (χ0) is 36.5. The number of furan rings is 1. The van der Waals surface area contributed by atoms with Gasteiger partial charge < -0.3 is 33.5 Å². The van der Waals surface area contributed by atoms with Crippen LogP contribution in [0.2, 0.25) is 0 Å². The van der Waals surface area contributed by atoms with Crippen molar-refractivity contribution in [3.8, 4) is 17.7 Å². The van der Waals surface area contributed by atoms with Gasteiger partial charge in [0.2, 0.25) is 5.88 Å². The molecule has 13 heteroatoms. The molecule has 5 aromatic rings. The maximum atomic E-state index is 8.36. The van der Waals surface area contributed by atoms with Crippen molar-refractivity contribution in [2.75, 3.05) is 56.4 Å². The number of fused-ring (bicyclic) bond motifs is 3. The summed E-state index contributed by atoms with van der Waals surface area (Å²) < 4.78 is 24.7. The van der Waals surface area contributed by atoms with Gasteiger partial charge in [0.1, 0.15) is 28.2 Å². The summed E-state index contributed by atoms with van der Waals surface area (Å²) in [7, 11) is 3.54. The Hall–Kier alpha value is -5.19. The maximum absolute atomic E-state index is 8.36. The average molecular weight is 698 g/mol. The van der Waals surface area contributed by atoms with E-state index in [1.165, 1.54) is 12.8 Å². The summed E-state index contributed by atoms with van der Waals surface area (Å²) >= 11 is 0. The zero-order valence-electron chi connectivity index (χ0n) is 30.5. The topological polar surface area (TPSA) is 141 Å². The number of carboxylic acid groups (broad SMARTS) is 1. The predicted octanol–water partition coefficient (Wildman–Crippen LogP) is 5.54. The van der Waals surface area contributed by atoms with Crippen molar-refractivity contribution < 1.29 is 28.5 Å². The van der Waals surface area contributed by atoms with Crippen LogP contribution in [-0.2, 0) is 21.3 Å². The van der Waals surface area contributed by atoms with E-state index in [0.29, 0.717) is 25.7 Å². The number of aryl methyl sites for hydroxylation is 3. The zero-order valence-corrected chi connectivity index (χ0v) is 30.5. The number of nitrogens with zero attached hydrogens (tertiary/aromatic N) is 7. The molecule has 1 spiro atoms. The number of rotatable bonds is 3. The molecule has 3 aliphatic heterocycles. The first-order valence-corrected chi connectivity index (χ1v) is 17.3. The van der Waals surface area contributed by atoms with Gasteiger partial charge >= 0.3 is 0 Å². The van der Waals surface area contributed by atoms with E-state index in [-0.39, 0.29) is 18.1 Å². The molecule has 8 rings (SSSR count). The highest BCUT2D eigenvalue weighted by atomic mass is 16.6. The molecule has 1 atom stereocenters. The molecule has 0 radical (unpaired) electrons. The molecular formula is C38H47N7O6. The SMILES string of the molecule is CC.COc1ncc(C#Cc2cn(C)nc2C)cc1N1CCOC2(COC2)C1C.Cc1nc(N2CCCC2)c2oc3ccccc3c2n1.O=CO. The van der Waals surface area contributed by atoms with Crippen LogP contribution in [0.3, 0.4) is 0 Å². The average Bonchev–Trinajstić information content (AvgIpc) is 3.87. The number of para-hydroxylation sites is 1. The van der Waals surface area contributed by atoms with Crippen molar-refractivity contribution in [2.45, 2.75) is 59.1 Å². The first-order chi connectivity index (χ1) is 24.8. The van der Waals surface area contributed by atoms with Crippen LogP contribution in [0, 0.1) is 25.7 Å². The Morgan fingerprint density at radius 2 is 1.80 bits per heavy atom. The molecule has 1 N–H and O–H groups in total. The van der Waals surface area contributed by atoms with Gasteiger partial charge in [-0.2, -0.15) is 5.10 Å². The third kappa shape index (κ3) is 7.92. The second-order valence-corrected chi connectivity index (χ2v) is 12.2. The van der Waals surface area contributed by atoms with Gasteiger partial charge in [-0.15, -0.1) is 0 Å². The Morgan fingerprint density at radius 3 is 2.45 bits per heavy atom. The van der Waals surface area contributed by atoms with Gasteiger partial charge in [-0.3, -0.25) is 9.48 Å². The monoisotopic (exact) mass is 697 g/mol. The van der Waals surface area contributed by atoms with E-state index in [0.717, 1.165) is 75.9 Å². The van der Waals surface area contributed by atoms with E-state index in [1.54, 1.807) is 18.0 Å². The van der Waals surface area contributed by atoms with Crippen LogP contribution in [0.5, 0.6) is 5.88 Å². The molecular weight excluding hydrogens is 650 g/mol. The largest absolute Gasteiger partial charge is 0.483 e. The van der Waals surface area contributed by atoms with Crippen molar-refractivity contribution in [1.82, 2.24) is 24.7 Å². The lowest BCUT2D eigenvalue weighted by Gasteiger charge is -2.53. The highest BCUT2D eigenvalue weighted by Crippen LogP contribution is 2.38. The van der Waals surface area contributed by atoms with Crippen LogP contribution in [0.4, 0.5) is 11.5 Å². The molecule has 1 aromatic carbocycles. The second kappa shape index (κ2) is 16.7. The molecule has 0 saturated carbocycles. The molecule has 0 bridgehead atoms. The van der Waals surface area contributed by atoms with Gasteiger partial charge in [0.05, 0.1) is 44.2 Å². The van der Waals surface area contributed by atoms with Crippen LogP contribution < -0.4 is 14.5 Å². The number of hydrogen-bond acceptors (Lipinski definition) is 11. The normalized spacial score (nSPS) is 17.2. The molecule has 3 saturated heterocycles. The van der Waals surface area contributed by atoms with Gasteiger partial charge in [0, 0.05) is 50.0 Å². The van der Waals surface area contributed by atoms with Crippen molar-refractivity contribution in [1.29, 1.82) is 0 Å². The molecule has 4 aromatic heterocycles. The third-order valence-electron chi connectivity index (χ3n) is 9.05. The fraction of sp³-hybridized carbons (Fsp3) is 0.447. The lowest BCUT2D eigenvalue weighted by molar-refractivity contribution is -0.228. The minimum Gasteiger partial charge on any atom is -0.483 e. The minimum atomic E-state index is -0.250. The van der Waals surface area contributed by atoms with Crippen LogP contribution in [0.1, 0.15) is 56.3 Å². The van der Waals surface area contributed by atoms with Crippen LogP contribution in [-0.4, -0.2) is 94.5 Å². The summed E-state index contributed by atoms with van der Waals surface area (Å²) in [5, 5.41) is 12.3. The van der Waals surface area contributed by atoms with Crippen molar-refractivity contribution in [3.63, 3.8) is 0 Å². The van der Waals surface area contributed by atoms with Crippen molar-refractivity contribution in [2.24, 2.45) is 7.05 Å². The molecule has 13 nitrogen and oxygen atoms in total. The second-order valence-electron chi connectivity index (χ2n) is 12.2. The molecule has 51 heavy (non-hydrogen) atoms. The Bertz CT molecular complexity index is 2000. The number of morpholine rings is 1. The summed E-state index contributed by atoms with van der Waals surface area (Å²) in [6.07, 6.45) is 6.12. The number of carbonyl (C=O) groups is 1. The van der Waals surface area contributed by atoms with E-state index in [2.05, 4.69) is 54.7 Å². The fourth-order valence-electron chi connectivity index (χ4n) is 6.46. The maximum Gasteiger partial charge on any atom is 0.290 e. The van der Waals surface area contributed by atoms with Gasteiger partial charge in [-0.25, -0.2) is 15.0 Å². The minimum absolute atomic E-state index is 0.166. The Kier molecular flexibility index (Phi) is 12.1. The summed E-state index contributed by atoms with van der Waals surface area (Å²) in [6, 6.07) is 10.3. The van der Waals surface area contributed by atoms with E-state index in [1.807, 2.05) is 65.2 Å². The van der Waals surface area contributed by atoms with E-state index < -0.39 is 0 Å². The van der Waals surface area contributed by atoms with Gasteiger partial charge in [-0.05, 0) is 51.8 Å². The summed E-state index contributed by atoms with van der Waals surface area (Å²) in [4.78, 5) is 26.6. The molecule has 3 fully saturated rings. The van der Waals surface area contributed by atoms with Crippen molar-refractivity contribution in [3.05, 3.63) is 65.4 Å². The lowest BCUT2D eigenvalue weighted by Crippen LogP contribution is -2.68. The Labute approximate surface area is 298 Å². The van der Waals surface area contributed by atoms with E-state index in [9.17, 15) is 0 Å². The number of methoxy groups -OCH3 is 1. The first kappa shape index (κ1) is 37.1.